The zero-order chi connectivity index (χ0) is 27.2. The summed E-state index contributed by atoms with van der Waals surface area (Å²) in [6, 6.07) is 17.2. The van der Waals surface area contributed by atoms with Crippen LogP contribution in [0.2, 0.25) is 5.02 Å². The Labute approximate surface area is 234 Å². The molecule has 4 rings (SSSR count). The van der Waals surface area contributed by atoms with Gasteiger partial charge in [0.2, 0.25) is 5.91 Å². The topological polar surface area (TPSA) is 81.5 Å². The maximum absolute atomic E-state index is 13.7. The monoisotopic (exact) mass is 569 g/mol. The number of carbonyl (C=O) groups is 2. The number of aromatic nitrogens is 2. The van der Waals surface area contributed by atoms with Gasteiger partial charge in [-0.2, -0.15) is 0 Å². The SMILES string of the molecule is CCOC(=O)c1sc2nc(SCC(=O)N(C)Cc3ccccc3)n(CCc3ccc(Cl)cc3)c(=O)c2c1C. The summed E-state index contributed by atoms with van der Waals surface area (Å²) in [5, 5.41) is 1.49. The van der Waals surface area contributed by atoms with Crippen molar-refractivity contribution in [3.8, 4) is 0 Å². The van der Waals surface area contributed by atoms with E-state index >= 15 is 0 Å². The number of esters is 1. The number of carbonyl (C=O) groups excluding carboxylic acids is 2. The van der Waals surface area contributed by atoms with Crippen molar-refractivity contribution in [2.45, 2.75) is 38.5 Å². The summed E-state index contributed by atoms with van der Waals surface area (Å²) in [7, 11) is 1.76. The van der Waals surface area contributed by atoms with E-state index in [0.717, 1.165) is 22.5 Å². The fourth-order valence-corrected chi connectivity index (χ4v) is 6.18. The molecule has 38 heavy (non-hydrogen) atoms. The van der Waals surface area contributed by atoms with Gasteiger partial charge in [0.25, 0.3) is 5.56 Å². The lowest BCUT2D eigenvalue weighted by Crippen LogP contribution is -2.29. The molecule has 198 valence electrons. The van der Waals surface area contributed by atoms with Gasteiger partial charge in [-0.25, -0.2) is 9.78 Å². The molecule has 2 aromatic carbocycles. The van der Waals surface area contributed by atoms with Crippen molar-refractivity contribution in [3.63, 3.8) is 0 Å². The van der Waals surface area contributed by atoms with Crippen LogP contribution in [-0.4, -0.2) is 45.7 Å². The first-order chi connectivity index (χ1) is 18.3. The molecule has 2 aromatic heterocycles. The van der Waals surface area contributed by atoms with Crippen molar-refractivity contribution in [1.82, 2.24) is 14.5 Å². The number of nitrogens with zero attached hydrogens (tertiary/aromatic N) is 3. The van der Waals surface area contributed by atoms with Gasteiger partial charge in [0.1, 0.15) is 9.71 Å². The van der Waals surface area contributed by atoms with E-state index in [2.05, 4.69) is 0 Å². The smallest absolute Gasteiger partial charge is 0.348 e. The van der Waals surface area contributed by atoms with Gasteiger partial charge in [-0.15, -0.1) is 11.3 Å². The summed E-state index contributed by atoms with van der Waals surface area (Å²) in [4.78, 5) is 46.4. The number of halogens is 1. The summed E-state index contributed by atoms with van der Waals surface area (Å²) >= 11 is 8.39. The molecule has 2 heterocycles. The average Bonchev–Trinajstić information content (AvgIpc) is 3.24. The first kappa shape index (κ1) is 27.9. The zero-order valence-corrected chi connectivity index (χ0v) is 23.8. The van der Waals surface area contributed by atoms with Crippen LogP contribution in [0.4, 0.5) is 0 Å². The fourth-order valence-electron chi connectivity index (χ4n) is 3.97. The van der Waals surface area contributed by atoms with E-state index in [1.807, 2.05) is 54.6 Å². The van der Waals surface area contributed by atoms with Crippen molar-refractivity contribution in [2.24, 2.45) is 0 Å². The Morgan fingerprint density at radius 3 is 2.50 bits per heavy atom. The zero-order valence-electron chi connectivity index (χ0n) is 21.4. The van der Waals surface area contributed by atoms with Crippen molar-refractivity contribution in [3.05, 3.63) is 91.5 Å². The Bertz CT molecular complexity index is 1500. The Kier molecular flexibility index (Phi) is 9.25. The van der Waals surface area contributed by atoms with Gasteiger partial charge in [0.05, 0.1) is 17.7 Å². The van der Waals surface area contributed by atoms with Crippen LogP contribution in [0.25, 0.3) is 10.2 Å². The minimum absolute atomic E-state index is 0.0768. The van der Waals surface area contributed by atoms with Gasteiger partial charge < -0.3 is 9.64 Å². The second-order valence-corrected chi connectivity index (χ2v) is 11.1. The standard InChI is InChI=1S/C28H28ClN3O4S2/c1-4-36-27(35)24-18(2)23-25(38-24)30-28(32(26(23)34)15-14-19-10-12-21(29)13-11-19)37-17-22(33)31(3)16-20-8-6-5-7-9-20/h5-13H,4,14-17H2,1-3H3. The number of benzene rings is 2. The van der Waals surface area contributed by atoms with Crippen LogP contribution in [0.5, 0.6) is 0 Å². The van der Waals surface area contributed by atoms with Crippen molar-refractivity contribution in [2.75, 3.05) is 19.4 Å². The summed E-state index contributed by atoms with van der Waals surface area (Å²) < 4.78 is 6.77. The van der Waals surface area contributed by atoms with Crippen LogP contribution in [0, 0.1) is 6.92 Å². The molecule has 0 fully saturated rings. The number of thiophene rings is 1. The molecule has 4 aromatic rings. The largest absolute Gasteiger partial charge is 0.462 e. The Morgan fingerprint density at radius 2 is 1.82 bits per heavy atom. The second-order valence-electron chi connectivity index (χ2n) is 8.71. The van der Waals surface area contributed by atoms with E-state index in [9.17, 15) is 14.4 Å². The maximum atomic E-state index is 13.7. The van der Waals surface area contributed by atoms with E-state index in [1.54, 1.807) is 30.4 Å². The molecule has 7 nitrogen and oxygen atoms in total. The lowest BCUT2D eigenvalue weighted by Gasteiger charge is -2.18. The molecule has 0 aliphatic rings. The van der Waals surface area contributed by atoms with Crippen molar-refractivity contribution in [1.29, 1.82) is 0 Å². The first-order valence-electron chi connectivity index (χ1n) is 12.1. The van der Waals surface area contributed by atoms with Gasteiger partial charge in [-0.1, -0.05) is 65.8 Å². The number of fused-ring (bicyclic) bond motifs is 1. The van der Waals surface area contributed by atoms with Crippen LogP contribution in [-0.2, 0) is 29.0 Å². The minimum Gasteiger partial charge on any atom is -0.462 e. The molecule has 0 bridgehead atoms. The summed E-state index contributed by atoms with van der Waals surface area (Å²) in [5.41, 5.74) is 2.39. The van der Waals surface area contributed by atoms with Crippen LogP contribution in [0.15, 0.2) is 64.5 Å². The van der Waals surface area contributed by atoms with Crippen LogP contribution in [0.3, 0.4) is 0 Å². The third kappa shape index (κ3) is 6.46. The van der Waals surface area contributed by atoms with E-state index < -0.39 is 5.97 Å². The second kappa shape index (κ2) is 12.6. The molecule has 0 radical (unpaired) electrons. The lowest BCUT2D eigenvalue weighted by atomic mass is 10.1. The van der Waals surface area contributed by atoms with E-state index in [1.165, 1.54) is 11.8 Å². The van der Waals surface area contributed by atoms with E-state index in [-0.39, 0.29) is 23.8 Å². The number of ether oxygens (including phenoxy) is 1. The first-order valence-corrected chi connectivity index (χ1v) is 14.3. The fraction of sp³-hybridized carbons (Fsp3) is 0.286. The predicted octanol–water partition coefficient (Wildman–Crippen LogP) is 5.59. The minimum atomic E-state index is -0.466. The molecule has 0 saturated heterocycles. The number of hydrogen-bond acceptors (Lipinski definition) is 7. The molecule has 0 unspecified atom stereocenters. The van der Waals surface area contributed by atoms with Gasteiger partial charge >= 0.3 is 5.97 Å². The summed E-state index contributed by atoms with van der Waals surface area (Å²) in [6.07, 6.45) is 0.577. The third-order valence-electron chi connectivity index (χ3n) is 6.03. The molecule has 0 spiro atoms. The van der Waals surface area contributed by atoms with Crippen LogP contribution in [0.1, 0.15) is 33.3 Å². The van der Waals surface area contributed by atoms with Crippen LogP contribution < -0.4 is 5.56 Å². The molecule has 0 aliphatic carbocycles. The number of hydrogen-bond donors (Lipinski definition) is 0. The van der Waals surface area contributed by atoms with Gasteiger partial charge in [-0.05, 0) is 49.1 Å². The normalized spacial score (nSPS) is 11.1. The van der Waals surface area contributed by atoms with E-state index in [4.69, 9.17) is 21.3 Å². The third-order valence-corrected chi connectivity index (χ3v) is 8.41. The molecule has 10 heteroatoms. The Balaban J connectivity index is 1.63. The van der Waals surface area contributed by atoms with Gasteiger partial charge in [0, 0.05) is 25.2 Å². The number of amides is 1. The summed E-state index contributed by atoms with van der Waals surface area (Å²) in [5.74, 6) is -0.420. The Hall–Kier alpha value is -3.14. The predicted molar refractivity (Wildman–Crippen MR) is 153 cm³/mol. The summed E-state index contributed by atoms with van der Waals surface area (Å²) in [6.45, 7) is 4.58. The Morgan fingerprint density at radius 1 is 1.11 bits per heavy atom. The van der Waals surface area contributed by atoms with E-state index in [0.29, 0.717) is 50.3 Å². The molecule has 0 atom stereocenters. The van der Waals surface area contributed by atoms with Gasteiger partial charge in [-0.3, -0.25) is 14.2 Å². The molecule has 0 saturated carbocycles. The molecular formula is C28H28ClN3O4S2. The average molecular weight is 570 g/mol. The number of thioether (sulfide) groups is 1. The highest BCUT2D eigenvalue weighted by molar-refractivity contribution is 7.99. The lowest BCUT2D eigenvalue weighted by molar-refractivity contribution is -0.127. The molecule has 1 amide bonds. The maximum Gasteiger partial charge on any atom is 0.348 e. The van der Waals surface area contributed by atoms with Crippen molar-refractivity contribution < 1.29 is 14.3 Å². The molecule has 0 N–H and O–H groups in total. The van der Waals surface area contributed by atoms with Crippen molar-refractivity contribution >= 4 is 56.8 Å². The van der Waals surface area contributed by atoms with Gasteiger partial charge in [0.15, 0.2) is 5.16 Å². The quantitative estimate of drug-likeness (QED) is 0.141. The highest BCUT2D eigenvalue weighted by Crippen LogP contribution is 2.30. The number of rotatable bonds is 10. The number of aryl methyl sites for hydroxylation is 2. The molecular weight excluding hydrogens is 542 g/mol. The molecule has 0 aliphatic heterocycles. The highest BCUT2D eigenvalue weighted by atomic mass is 35.5. The van der Waals surface area contributed by atoms with Crippen LogP contribution >= 0.6 is 34.7 Å². The highest BCUT2D eigenvalue weighted by Gasteiger charge is 2.23.